The molecule has 0 atom stereocenters. The second kappa shape index (κ2) is 3.82. The van der Waals surface area contributed by atoms with Crippen molar-refractivity contribution < 1.29 is 9.59 Å². The highest BCUT2D eigenvalue weighted by Gasteiger charge is 2.46. The molecule has 0 saturated carbocycles. The van der Waals surface area contributed by atoms with Crippen LogP contribution >= 0.6 is 0 Å². The summed E-state index contributed by atoms with van der Waals surface area (Å²) in [6.45, 7) is 8.76. The Balaban J connectivity index is 2.48. The van der Waals surface area contributed by atoms with Gasteiger partial charge in [0.05, 0.1) is 5.41 Å². The van der Waals surface area contributed by atoms with Crippen LogP contribution in [0.4, 0.5) is 0 Å². The molecular weight excluding hydrogens is 180 g/mol. The van der Waals surface area contributed by atoms with Crippen molar-refractivity contribution in [2.24, 2.45) is 5.41 Å². The Labute approximate surface area is 84.0 Å². The minimum Gasteiger partial charge on any atom is -0.356 e. The molecular formula is C10H16N2O2. The summed E-state index contributed by atoms with van der Waals surface area (Å²) in [5.41, 5.74) is -0.408. The second-order valence-electron chi connectivity index (χ2n) is 3.82. The minimum atomic E-state index is -0.408. The molecule has 0 spiro atoms. The third kappa shape index (κ3) is 1.78. The third-order valence-corrected chi connectivity index (χ3v) is 2.45. The van der Waals surface area contributed by atoms with Gasteiger partial charge in [-0.3, -0.25) is 9.59 Å². The van der Waals surface area contributed by atoms with Gasteiger partial charge in [0.25, 0.3) is 0 Å². The van der Waals surface area contributed by atoms with Crippen molar-refractivity contribution in [2.75, 3.05) is 19.6 Å². The number of nitrogens with one attached hydrogen (secondary N) is 1. The summed E-state index contributed by atoms with van der Waals surface area (Å²) in [5, 5.41) is 2.76. The molecule has 0 radical (unpaired) electrons. The minimum absolute atomic E-state index is 0.0214. The largest absolute Gasteiger partial charge is 0.356 e. The molecule has 1 heterocycles. The Kier molecular flexibility index (Phi) is 2.93. The Morgan fingerprint density at radius 1 is 1.57 bits per heavy atom. The van der Waals surface area contributed by atoms with Crippen LogP contribution in [0.3, 0.4) is 0 Å². The first-order chi connectivity index (χ1) is 6.53. The van der Waals surface area contributed by atoms with Gasteiger partial charge in [0.2, 0.25) is 11.8 Å². The normalized spacial score (nSPS) is 18.3. The SMILES string of the molecule is C=CC(=O)N1CC(C)(C(=O)NCC)C1. The van der Waals surface area contributed by atoms with E-state index in [0.717, 1.165) is 0 Å². The fraction of sp³-hybridized carbons (Fsp3) is 0.600. The maximum atomic E-state index is 11.5. The van der Waals surface area contributed by atoms with E-state index in [1.54, 1.807) is 4.90 Å². The Morgan fingerprint density at radius 2 is 2.14 bits per heavy atom. The number of hydrogen-bond donors (Lipinski definition) is 1. The Morgan fingerprint density at radius 3 is 2.57 bits per heavy atom. The summed E-state index contributed by atoms with van der Waals surface area (Å²) >= 11 is 0. The van der Waals surface area contributed by atoms with Gasteiger partial charge in [-0.2, -0.15) is 0 Å². The van der Waals surface area contributed by atoms with Crippen LogP contribution in [0.2, 0.25) is 0 Å². The van der Waals surface area contributed by atoms with Crippen LogP contribution in [0.15, 0.2) is 12.7 Å². The van der Waals surface area contributed by atoms with Crippen molar-refractivity contribution in [1.29, 1.82) is 0 Å². The molecule has 0 aromatic heterocycles. The Bertz CT molecular complexity index is 267. The summed E-state index contributed by atoms with van der Waals surface area (Å²) in [6, 6.07) is 0. The predicted octanol–water partition coefficient (Wildman–Crippen LogP) is 0.157. The zero-order valence-corrected chi connectivity index (χ0v) is 8.67. The van der Waals surface area contributed by atoms with E-state index in [1.165, 1.54) is 6.08 Å². The summed E-state index contributed by atoms with van der Waals surface area (Å²) in [7, 11) is 0. The lowest BCUT2D eigenvalue weighted by molar-refractivity contribution is -0.148. The zero-order valence-electron chi connectivity index (χ0n) is 8.67. The number of rotatable bonds is 3. The van der Waals surface area contributed by atoms with Crippen LogP contribution in [-0.2, 0) is 9.59 Å². The average Bonchev–Trinajstić information content (AvgIpc) is 2.12. The number of carbonyl (C=O) groups excluding carboxylic acids is 2. The molecule has 0 aromatic rings. The lowest BCUT2D eigenvalue weighted by Gasteiger charge is -2.46. The van der Waals surface area contributed by atoms with Crippen LogP contribution < -0.4 is 5.32 Å². The second-order valence-corrected chi connectivity index (χ2v) is 3.82. The van der Waals surface area contributed by atoms with Crippen LogP contribution in [0, 0.1) is 5.41 Å². The van der Waals surface area contributed by atoms with Gasteiger partial charge in [-0.25, -0.2) is 0 Å². The molecule has 0 aromatic carbocycles. The molecule has 78 valence electrons. The van der Waals surface area contributed by atoms with Gasteiger partial charge in [0, 0.05) is 19.6 Å². The molecule has 4 heteroatoms. The van der Waals surface area contributed by atoms with Crippen LogP contribution in [0.5, 0.6) is 0 Å². The molecule has 14 heavy (non-hydrogen) atoms. The average molecular weight is 196 g/mol. The van der Waals surface area contributed by atoms with E-state index < -0.39 is 5.41 Å². The van der Waals surface area contributed by atoms with Crippen molar-refractivity contribution in [3.8, 4) is 0 Å². The highest BCUT2D eigenvalue weighted by Crippen LogP contribution is 2.29. The topological polar surface area (TPSA) is 49.4 Å². The number of nitrogens with zero attached hydrogens (tertiary/aromatic N) is 1. The van der Waals surface area contributed by atoms with E-state index in [-0.39, 0.29) is 11.8 Å². The summed E-state index contributed by atoms with van der Waals surface area (Å²) in [5.74, 6) is -0.0834. The van der Waals surface area contributed by atoms with Gasteiger partial charge >= 0.3 is 0 Å². The highest BCUT2D eigenvalue weighted by molar-refractivity contribution is 5.91. The number of carbonyl (C=O) groups is 2. The summed E-state index contributed by atoms with van der Waals surface area (Å²) in [6.07, 6.45) is 1.28. The van der Waals surface area contributed by atoms with Gasteiger partial charge in [-0.05, 0) is 19.9 Å². The van der Waals surface area contributed by atoms with E-state index in [2.05, 4.69) is 11.9 Å². The van der Waals surface area contributed by atoms with Crippen molar-refractivity contribution in [2.45, 2.75) is 13.8 Å². The highest BCUT2D eigenvalue weighted by atomic mass is 16.2. The molecule has 1 aliphatic heterocycles. The fourth-order valence-electron chi connectivity index (χ4n) is 1.60. The van der Waals surface area contributed by atoms with E-state index in [9.17, 15) is 9.59 Å². The quantitative estimate of drug-likeness (QED) is 0.653. The molecule has 4 nitrogen and oxygen atoms in total. The van der Waals surface area contributed by atoms with E-state index in [0.29, 0.717) is 19.6 Å². The molecule has 1 saturated heterocycles. The number of hydrogen-bond acceptors (Lipinski definition) is 2. The smallest absolute Gasteiger partial charge is 0.246 e. The molecule has 1 fully saturated rings. The lowest BCUT2D eigenvalue weighted by atomic mass is 9.81. The molecule has 0 bridgehead atoms. The molecule has 1 aliphatic rings. The maximum Gasteiger partial charge on any atom is 0.246 e. The fourth-order valence-corrected chi connectivity index (χ4v) is 1.60. The van der Waals surface area contributed by atoms with Crippen molar-refractivity contribution in [3.05, 3.63) is 12.7 Å². The van der Waals surface area contributed by atoms with Crippen LogP contribution in [-0.4, -0.2) is 36.3 Å². The zero-order chi connectivity index (χ0) is 10.8. The third-order valence-electron chi connectivity index (χ3n) is 2.45. The predicted molar refractivity (Wildman–Crippen MR) is 53.6 cm³/mol. The number of amides is 2. The lowest BCUT2D eigenvalue weighted by Crippen LogP contribution is -2.62. The first-order valence-electron chi connectivity index (χ1n) is 4.73. The van der Waals surface area contributed by atoms with Gasteiger partial charge in [0.15, 0.2) is 0 Å². The van der Waals surface area contributed by atoms with Crippen molar-refractivity contribution >= 4 is 11.8 Å². The van der Waals surface area contributed by atoms with Crippen molar-refractivity contribution in [3.63, 3.8) is 0 Å². The summed E-state index contributed by atoms with van der Waals surface area (Å²) < 4.78 is 0. The summed E-state index contributed by atoms with van der Waals surface area (Å²) in [4.78, 5) is 24.3. The van der Waals surface area contributed by atoms with E-state index >= 15 is 0 Å². The first kappa shape index (κ1) is 10.8. The van der Waals surface area contributed by atoms with Crippen LogP contribution in [0.25, 0.3) is 0 Å². The van der Waals surface area contributed by atoms with E-state index in [1.807, 2.05) is 13.8 Å². The Hall–Kier alpha value is -1.32. The van der Waals surface area contributed by atoms with Gasteiger partial charge in [-0.15, -0.1) is 0 Å². The van der Waals surface area contributed by atoms with Crippen molar-refractivity contribution in [1.82, 2.24) is 10.2 Å². The standard InChI is InChI=1S/C10H16N2O2/c1-4-8(13)12-6-10(3,7-12)9(14)11-5-2/h4H,1,5-7H2,2-3H3,(H,11,14). The molecule has 0 aliphatic carbocycles. The van der Waals surface area contributed by atoms with Crippen LogP contribution in [0.1, 0.15) is 13.8 Å². The molecule has 0 unspecified atom stereocenters. The monoisotopic (exact) mass is 196 g/mol. The maximum absolute atomic E-state index is 11.5. The number of likely N-dealkylation sites (tertiary alicyclic amines) is 1. The van der Waals surface area contributed by atoms with Gasteiger partial charge in [-0.1, -0.05) is 6.58 Å². The molecule has 1 rings (SSSR count). The molecule has 1 N–H and O–H groups in total. The first-order valence-corrected chi connectivity index (χ1v) is 4.73. The van der Waals surface area contributed by atoms with Gasteiger partial charge in [0.1, 0.15) is 0 Å². The molecule has 2 amide bonds. The van der Waals surface area contributed by atoms with Gasteiger partial charge < -0.3 is 10.2 Å². The van der Waals surface area contributed by atoms with E-state index in [4.69, 9.17) is 0 Å².